The summed E-state index contributed by atoms with van der Waals surface area (Å²) in [5.41, 5.74) is 0.413. The standard InChI is InChI=1S/C9H6O4/c10-6-8-7(4-5-13-8)2-1-3-9(11)12/h4-6H,3H2,(H,11,12). The Morgan fingerprint density at radius 2 is 2.46 bits per heavy atom. The molecular weight excluding hydrogens is 172 g/mol. The first-order chi connectivity index (χ1) is 6.24. The molecule has 1 heterocycles. The van der Waals surface area contributed by atoms with Gasteiger partial charge in [0.25, 0.3) is 0 Å². The van der Waals surface area contributed by atoms with Gasteiger partial charge in [-0.25, -0.2) is 0 Å². The molecular formula is C9H6O4. The summed E-state index contributed by atoms with van der Waals surface area (Å²) in [6.07, 6.45) is 1.61. The van der Waals surface area contributed by atoms with Gasteiger partial charge in [0.2, 0.25) is 0 Å². The molecule has 1 N–H and O–H groups in total. The lowest BCUT2D eigenvalue weighted by Crippen LogP contribution is -1.90. The van der Waals surface area contributed by atoms with Crippen molar-refractivity contribution in [3.05, 3.63) is 23.7 Å². The van der Waals surface area contributed by atoms with E-state index in [1.807, 2.05) is 0 Å². The summed E-state index contributed by atoms with van der Waals surface area (Å²) in [4.78, 5) is 20.4. The monoisotopic (exact) mass is 178 g/mol. The van der Waals surface area contributed by atoms with Crippen LogP contribution >= 0.6 is 0 Å². The highest BCUT2D eigenvalue weighted by Crippen LogP contribution is 2.05. The average molecular weight is 178 g/mol. The lowest BCUT2D eigenvalue weighted by molar-refractivity contribution is -0.135. The fourth-order valence-corrected chi connectivity index (χ4v) is 0.731. The molecule has 66 valence electrons. The minimum Gasteiger partial charge on any atom is -0.481 e. The third-order valence-electron chi connectivity index (χ3n) is 1.26. The van der Waals surface area contributed by atoms with Gasteiger partial charge in [0.05, 0.1) is 11.8 Å². The summed E-state index contributed by atoms with van der Waals surface area (Å²) in [5, 5.41) is 8.27. The zero-order chi connectivity index (χ0) is 9.68. The molecule has 0 bridgehead atoms. The average Bonchev–Trinajstić information content (AvgIpc) is 2.51. The lowest BCUT2D eigenvalue weighted by atomic mass is 10.2. The number of rotatable bonds is 2. The van der Waals surface area contributed by atoms with E-state index in [9.17, 15) is 9.59 Å². The van der Waals surface area contributed by atoms with Gasteiger partial charge in [-0.3, -0.25) is 9.59 Å². The third-order valence-corrected chi connectivity index (χ3v) is 1.26. The van der Waals surface area contributed by atoms with Crippen molar-refractivity contribution in [3.8, 4) is 11.8 Å². The van der Waals surface area contributed by atoms with E-state index < -0.39 is 5.97 Å². The number of aldehydes is 1. The molecule has 0 aliphatic heterocycles. The Morgan fingerprint density at radius 3 is 3.08 bits per heavy atom. The molecule has 0 unspecified atom stereocenters. The highest BCUT2D eigenvalue weighted by atomic mass is 16.4. The van der Waals surface area contributed by atoms with E-state index in [0.29, 0.717) is 11.8 Å². The topological polar surface area (TPSA) is 67.5 Å². The second kappa shape index (κ2) is 4.12. The molecule has 0 atom stereocenters. The minimum absolute atomic E-state index is 0.123. The third kappa shape index (κ3) is 2.49. The molecule has 1 aromatic rings. The zero-order valence-corrected chi connectivity index (χ0v) is 6.61. The summed E-state index contributed by atoms with van der Waals surface area (Å²) < 4.78 is 4.75. The molecule has 0 saturated carbocycles. The van der Waals surface area contributed by atoms with E-state index in [1.54, 1.807) is 0 Å². The Hall–Kier alpha value is -2.02. The Morgan fingerprint density at radius 1 is 1.69 bits per heavy atom. The van der Waals surface area contributed by atoms with Gasteiger partial charge >= 0.3 is 5.97 Å². The van der Waals surface area contributed by atoms with Crippen molar-refractivity contribution in [1.29, 1.82) is 0 Å². The summed E-state index contributed by atoms with van der Waals surface area (Å²) in [6, 6.07) is 1.51. The molecule has 1 aromatic heterocycles. The smallest absolute Gasteiger partial charge is 0.315 e. The van der Waals surface area contributed by atoms with Gasteiger partial charge < -0.3 is 9.52 Å². The van der Waals surface area contributed by atoms with Crippen molar-refractivity contribution in [2.75, 3.05) is 0 Å². The van der Waals surface area contributed by atoms with Crippen LogP contribution < -0.4 is 0 Å². The van der Waals surface area contributed by atoms with Gasteiger partial charge in [0.1, 0.15) is 6.42 Å². The molecule has 0 aromatic carbocycles. The summed E-state index contributed by atoms with van der Waals surface area (Å²) in [7, 11) is 0. The van der Waals surface area contributed by atoms with Crippen LogP contribution in [-0.2, 0) is 4.79 Å². The quantitative estimate of drug-likeness (QED) is 0.540. The first-order valence-electron chi connectivity index (χ1n) is 3.47. The molecule has 0 saturated heterocycles. The maximum Gasteiger partial charge on any atom is 0.315 e. The van der Waals surface area contributed by atoms with Crippen LogP contribution in [0.1, 0.15) is 22.5 Å². The normalized spacial score (nSPS) is 8.62. The maximum atomic E-state index is 10.3. The second-order valence-corrected chi connectivity index (χ2v) is 2.19. The van der Waals surface area contributed by atoms with Gasteiger partial charge in [-0.05, 0) is 6.07 Å². The van der Waals surface area contributed by atoms with E-state index in [2.05, 4.69) is 11.8 Å². The van der Waals surface area contributed by atoms with Gasteiger partial charge in [0, 0.05) is 0 Å². The minimum atomic E-state index is -0.997. The van der Waals surface area contributed by atoms with E-state index in [4.69, 9.17) is 9.52 Å². The van der Waals surface area contributed by atoms with Crippen molar-refractivity contribution in [2.24, 2.45) is 0 Å². The molecule has 0 aliphatic rings. The summed E-state index contributed by atoms with van der Waals surface area (Å²) in [5.74, 6) is 4.04. The van der Waals surface area contributed by atoms with Crippen LogP contribution in [0, 0.1) is 11.8 Å². The first-order valence-corrected chi connectivity index (χ1v) is 3.47. The SMILES string of the molecule is O=Cc1occc1C#CCC(=O)O. The number of hydrogen-bond donors (Lipinski definition) is 1. The molecule has 1 rings (SSSR count). The fourth-order valence-electron chi connectivity index (χ4n) is 0.731. The second-order valence-electron chi connectivity index (χ2n) is 2.19. The first kappa shape index (κ1) is 9.07. The van der Waals surface area contributed by atoms with Crippen molar-refractivity contribution in [3.63, 3.8) is 0 Å². The molecule has 0 spiro atoms. The molecule has 0 aliphatic carbocycles. The van der Waals surface area contributed by atoms with E-state index >= 15 is 0 Å². The largest absolute Gasteiger partial charge is 0.481 e. The van der Waals surface area contributed by atoms with E-state index in [1.165, 1.54) is 12.3 Å². The lowest BCUT2D eigenvalue weighted by Gasteiger charge is -1.81. The van der Waals surface area contributed by atoms with Crippen LogP contribution in [0.5, 0.6) is 0 Å². The number of furan rings is 1. The molecule has 4 nitrogen and oxygen atoms in total. The van der Waals surface area contributed by atoms with E-state index in [0.717, 1.165) is 0 Å². The number of aliphatic carboxylic acids is 1. The number of carbonyl (C=O) groups is 2. The van der Waals surface area contributed by atoms with E-state index in [-0.39, 0.29) is 12.2 Å². The molecule has 0 fully saturated rings. The van der Waals surface area contributed by atoms with Crippen LogP contribution in [0.25, 0.3) is 0 Å². The van der Waals surface area contributed by atoms with Crippen molar-refractivity contribution >= 4 is 12.3 Å². The van der Waals surface area contributed by atoms with Crippen LogP contribution in [0.4, 0.5) is 0 Å². The highest BCUT2D eigenvalue weighted by Gasteiger charge is 2.00. The van der Waals surface area contributed by atoms with Crippen molar-refractivity contribution < 1.29 is 19.1 Å². The molecule has 13 heavy (non-hydrogen) atoms. The fraction of sp³-hybridized carbons (Fsp3) is 0.111. The van der Waals surface area contributed by atoms with Crippen LogP contribution in [-0.4, -0.2) is 17.4 Å². The highest BCUT2D eigenvalue weighted by molar-refractivity contribution is 5.76. The molecule has 0 amide bonds. The zero-order valence-electron chi connectivity index (χ0n) is 6.61. The Bertz CT molecular complexity index is 378. The van der Waals surface area contributed by atoms with Crippen molar-refractivity contribution in [1.82, 2.24) is 0 Å². The van der Waals surface area contributed by atoms with Crippen LogP contribution in [0.2, 0.25) is 0 Å². The Balaban J connectivity index is 2.76. The maximum absolute atomic E-state index is 10.3. The van der Waals surface area contributed by atoms with Crippen LogP contribution in [0.3, 0.4) is 0 Å². The van der Waals surface area contributed by atoms with Crippen LogP contribution in [0.15, 0.2) is 16.7 Å². The number of carbonyl (C=O) groups excluding carboxylic acids is 1. The predicted octanol–water partition coefficient (Wildman–Crippen LogP) is 0.918. The Kier molecular flexibility index (Phi) is 2.87. The number of carboxylic acids is 1. The van der Waals surface area contributed by atoms with Gasteiger partial charge in [0.15, 0.2) is 12.0 Å². The number of carboxylic acid groups (broad SMARTS) is 1. The predicted molar refractivity (Wildman–Crippen MR) is 43.2 cm³/mol. The molecule has 0 radical (unpaired) electrons. The molecule has 4 heteroatoms. The summed E-state index contributed by atoms with van der Waals surface area (Å²) in [6.45, 7) is 0. The number of hydrogen-bond acceptors (Lipinski definition) is 3. The van der Waals surface area contributed by atoms with Gasteiger partial charge in [-0.1, -0.05) is 11.8 Å². The van der Waals surface area contributed by atoms with Gasteiger partial charge in [-0.2, -0.15) is 0 Å². The van der Waals surface area contributed by atoms with Crippen molar-refractivity contribution in [2.45, 2.75) is 6.42 Å². The Labute approximate surface area is 74.2 Å². The van der Waals surface area contributed by atoms with Gasteiger partial charge in [-0.15, -0.1) is 0 Å². The summed E-state index contributed by atoms with van der Waals surface area (Å²) >= 11 is 0.